The van der Waals surface area contributed by atoms with Crippen molar-refractivity contribution >= 4 is 5.69 Å². The number of likely N-dealkylation sites (tertiary alicyclic amines) is 1. The van der Waals surface area contributed by atoms with Crippen molar-refractivity contribution in [2.45, 2.75) is 39.3 Å². The maximum Gasteiger partial charge on any atom is 0.125 e. The average Bonchev–Trinajstić information content (AvgIpc) is 2.34. The first-order chi connectivity index (χ1) is 8.60. The van der Waals surface area contributed by atoms with Gasteiger partial charge in [-0.2, -0.15) is 0 Å². The average molecular weight is 248 g/mol. The van der Waals surface area contributed by atoms with Gasteiger partial charge in [-0.1, -0.05) is 13.0 Å². The topological polar surface area (TPSA) is 38.5 Å². The lowest BCUT2D eigenvalue weighted by molar-refractivity contribution is 0.121. The van der Waals surface area contributed by atoms with Crippen molar-refractivity contribution in [2.75, 3.05) is 19.4 Å². The molecule has 0 aromatic heterocycles. The predicted octanol–water partition coefficient (Wildman–Crippen LogP) is 2.90. The largest absolute Gasteiger partial charge is 0.496 e. The molecule has 0 amide bonds. The molecule has 2 N–H and O–H groups in total. The number of benzene rings is 1. The molecule has 100 valence electrons. The number of anilines is 1. The molecular weight excluding hydrogens is 224 g/mol. The van der Waals surface area contributed by atoms with Crippen LogP contribution in [0.4, 0.5) is 5.69 Å². The summed E-state index contributed by atoms with van der Waals surface area (Å²) in [7, 11) is 1.71. The highest BCUT2D eigenvalue weighted by Crippen LogP contribution is 2.27. The molecule has 2 atom stereocenters. The molecular formula is C15H24N2O. The van der Waals surface area contributed by atoms with Gasteiger partial charge >= 0.3 is 0 Å². The van der Waals surface area contributed by atoms with Crippen molar-refractivity contribution in [3.8, 4) is 5.75 Å². The smallest absolute Gasteiger partial charge is 0.125 e. The van der Waals surface area contributed by atoms with E-state index in [0.29, 0.717) is 6.04 Å². The minimum Gasteiger partial charge on any atom is -0.496 e. The van der Waals surface area contributed by atoms with Crippen molar-refractivity contribution < 1.29 is 4.74 Å². The van der Waals surface area contributed by atoms with E-state index < -0.39 is 0 Å². The second-order valence-corrected chi connectivity index (χ2v) is 5.52. The number of hydrogen-bond acceptors (Lipinski definition) is 3. The van der Waals surface area contributed by atoms with Gasteiger partial charge < -0.3 is 10.5 Å². The summed E-state index contributed by atoms with van der Waals surface area (Å²) in [5.74, 6) is 1.75. The summed E-state index contributed by atoms with van der Waals surface area (Å²) in [6.07, 6.45) is 2.58. The van der Waals surface area contributed by atoms with E-state index in [1.54, 1.807) is 7.11 Å². The molecule has 18 heavy (non-hydrogen) atoms. The Labute approximate surface area is 110 Å². The fraction of sp³-hybridized carbons (Fsp3) is 0.600. The van der Waals surface area contributed by atoms with Gasteiger partial charge in [-0.15, -0.1) is 0 Å². The summed E-state index contributed by atoms with van der Waals surface area (Å²) in [4.78, 5) is 2.54. The van der Waals surface area contributed by atoms with Crippen LogP contribution in [0, 0.1) is 5.92 Å². The molecule has 1 aliphatic rings. The zero-order valence-corrected chi connectivity index (χ0v) is 11.6. The monoisotopic (exact) mass is 248 g/mol. The van der Waals surface area contributed by atoms with Crippen molar-refractivity contribution in [3.05, 3.63) is 23.8 Å². The third-order valence-corrected chi connectivity index (χ3v) is 3.96. The first-order valence-electron chi connectivity index (χ1n) is 6.76. The van der Waals surface area contributed by atoms with E-state index in [-0.39, 0.29) is 0 Å². The van der Waals surface area contributed by atoms with E-state index in [2.05, 4.69) is 24.8 Å². The lowest BCUT2D eigenvalue weighted by Crippen LogP contribution is -2.39. The van der Waals surface area contributed by atoms with Crippen LogP contribution in [-0.4, -0.2) is 24.6 Å². The number of nitrogens with zero attached hydrogens (tertiary/aromatic N) is 1. The maximum absolute atomic E-state index is 5.79. The van der Waals surface area contributed by atoms with Gasteiger partial charge in [0, 0.05) is 29.9 Å². The summed E-state index contributed by atoms with van der Waals surface area (Å²) in [5, 5.41) is 0. The number of hydrogen-bond donors (Lipinski definition) is 1. The third-order valence-electron chi connectivity index (χ3n) is 3.96. The fourth-order valence-electron chi connectivity index (χ4n) is 2.80. The van der Waals surface area contributed by atoms with E-state index in [4.69, 9.17) is 10.5 Å². The minimum absolute atomic E-state index is 0.649. The quantitative estimate of drug-likeness (QED) is 0.836. The van der Waals surface area contributed by atoms with Gasteiger partial charge in [-0.05, 0) is 38.3 Å². The molecule has 0 spiro atoms. The summed E-state index contributed by atoms with van der Waals surface area (Å²) in [5.41, 5.74) is 7.78. The molecule has 1 saturated heterocycles. The Morgan fingerprint density at radius 2 is 2.17 bits per heavy atom. The Balaban J connectivity index is 2.09. The molecule has 1 fully saturated rings. The standard InChI is InChI=1S/C15H24N2O/c1-11-6-7-17(12(2)8-11)10-13-4-5-14(16)9-15(13)18-3/h4-5,9,11-12H,6-8,10,16H2,1-3H3. The number of piperidine rings is 1. The lowest BCUT2D eigenvalue weighted by atomic mass is 9.93. The van der Waals surface area contributed by atoms with Gasteiger partial charge in [0.15, 0.2) is 0 Å². The highest BCUT2D eigenvalue weighted by atomic mass is 16.5. The minimum atomic E-state index is 0.649. The van der Waals surface area contributed by atoms with Gasteiger partial charge in [0.2, 0.25) is 0 Å². The summed E-state index contributed by atoms with van der Waals surface area (Å²) in [6.45, 7) is 6.80. The molecule has 0 bridgehead atoms. The van der Waals surface area contributed by atoms with Crippen LogP contribution >= 0.6 is 0 Å². The zero-order valence-electron chi connectivity index (χ0n) is 11.6. The molecule has 0 saturated carbocycles. The van der Waals surface area contributed by atoms with Crippen LogP contribution in [0.2, 0.25) is 0 Å². The molecule has 2 unspecified atom stereocenters. The highest BCUT2D eigenvalue weighted by molar-refractivity contribution is 5.48. The zero-order chi connectivity index (χ0) is 13.1. The number of rotatable bonds is 3. The van der Waals surface area contributed by atoms with Crippen LogP contribution in [0.1, 0.15) is 32.3 Å². The molecule has 1 aromatic rings. The van der Waals surface area contributed by atoms with E-state index in [9.17, 15) is 0 Å². The number of methoxy groups -OCH3 is 1. The third kappa shape index (κ3) is 2.96. The molecule has 1 heterocycles. The first kappa shape index (κ1) is 13.2. The summed E-state index contributed by atoms with van der Waals surface area (Å²) in [6, 6.07) is 6.59. The molecule has 3 nitrogen and oxygen atoms in total. The number of nitrogens with two attached hydrogens (primary N) is 1. The van der Waals surface area contributed by atoms with Crippen LogP contribution in [-0.2, 0) is 6.54 Å². The molecule has 0 radical (unpaired) electrons. The van der Waals surface area contributed by atoms with E-state index in [1.165, 1.54) is 24.9 Å². The van der Waals surface area contributed by atoms with Crippen LogP contribution in [0.25, 0.3) is 0 Å². The van der Waals surface area contributed by atoms with Crippen molar-refractivity contribution in [3.63, 3.8) is 0 Å². The SMILES string of the molecule is COc1cc(N)ccc1CN1CCC(C)CC1C. The summed E-state index contributed by atoms with van der Waals surface area (Å²) < 4.78 is 5.42. The van der Waals surface area contributed by atoms with Crippen LogP contribution in [0.5, 0.6) is 5.75 Å². The van der Waals surface area contributed by atoms with Crippen molar-refractivity contribution in [1.29, 1.82) is 0 Å². The molecule has 3 heteroatoms. The Bertz CT molecular complexity index is 405. The van der Waals surface area contributed by atoms with Gasteiger partial charge in [-0.3, -0.25) is 4.90 Å². The molecule has 1 aliphatic heterocycles. The molecule has 2 rings (SSSR count). The van der Waals surface area contributed by atoms with E-state index in [0.717, 1.165) is 23.9 Å². The lowest BCUT2D eigenvalue weighted by Gasteiger charge is -2.36. The van der Waals surface area contributed by atoms with Crippen molar-refractivity contribution in [2.24, 2.45) is 5.92 Å². The Morgan fingerprint density at radius 3 is 2.83 bits per heavy atom. The Hall–Kier alpha value is -1.22. The summed E-state index contributed by atoms with van der Waals surface area (Å²) >= 11 is 0. The van der Waals surface area contributed by atoms with Gasteiger partial charge in [-0.25, -0.2) is 0 Å². The second-order valence-electron chi connectivity index (χ2n) is 5.52. The fourth-order valence-corrected chi connectivity index (χ4v) is 2.80. The normalized spacial score (nSPS) is 25.1. The predicted molar refractivity (Wildman–Crippen MR) is 75.7 cm³/mol. The second kappa shape index (κ2) is 5.61. The molecule has 1 aromatic carbocycles. The van der Waals surface area contributed by atoms with Crippen molar-refractivity contribution in [1.82, 2.24) is 4.90 Å². The van der Waals surface area contributed by atoms with Gasteiger partial charge in [0.1, 0.15) is 5.75 Å². The Kier molecular flexibility index (Phi) is 4.12. The van der Waals surface area contributed by atoms with Crippen LogP contribution in [0.3, 0.4) is 0 Å². The molecule has 0 aliphatic carbocycles. The van der Waals surface area contributed by atoms with Crippen LogP contribution in [0.15, 0.2) is 18.2 Å². The number of nitrogen functional groups attached to an aromatic ring is 1. The van der Waals surface area contributed by atoms with Gasteiger partial charge in [0.05, 0.1) is 7.11 Å². The van der Waals surface area contributed by atoms with E-state index in [1.807, 2.05) is 12.1 Å². The number of ether oxygens (including phenoxy) is 1. The Morgan fingerprint density at radius 1 is 1.39 bits per heavy atom. The first-order valence-corrected chi connectivity index (χ1v) is 6.76. The van der Waals surface area contributed by atoms with E-state index >= 15 is 0 Å². The van der Waals surface area contributed by atoms with Gasteiger partial charge in [0.25, 0.3) is 0 Å². The van der Waals surface area contributed by atoms with Crippen LogP contribution < -0.4 is 10.5 Å². The maximum atomic E-state index is 5.79. The highest BCUT2D eigenvalue weighted by Gasteiger charge is 2.23.